The van der Waals surface area contributed by atoms with E-state index >= 15 is 0 Å². The molecule has 1 aliphatic heterocycles. The van der Waals surface area contributed by atoms with Crippen molar-refractivity contribution < 1.29 is 5.11 Å². The van der Waals surface area contributed by atoms with E-state index in [1.54, 1.807) is 12.1 Å². The molecule has 64 valence electrons. The van der Waals surface area contributed by atoms with Crippen LogP contribution in [0.15, 0.2) is 29.2 Å². The molecule has 0 fully saturated rings. The van der Waals surface area contributed by atoms with Gasteiger partial charge in [0.2, 0.25) is 0 Å². The molecule has 0 radical (unpaired) electrons. The highest BCUT2D eigenvalue weighted by Crippen LogP contribution is 2.17. The molecule has 2 heteroatoms. The van der Waals surface area contributed by atoms with E-state index in [2.05, 4.69) is 5.37 Å². The molecule has 0 aliphatic carbocycles. The summed E-state index contributed by atoms with van der Waals surface area (Å²) >= 11 is 0. The fourth-order valence-corrected chi connectivity index (χ4v) is 3.68. The molecule has 0 aromatic heterocycles. The monoisotopic (exact) mass is 181 g/mol. The summed E-state index contributed by atoms with van der Waals surface area (Å²) in [5.41, 5.74) is 0. The fourth-order valence-electron chi connectivity index (χ4n) is 1.48. The van der Waals surface area contributed by atoms with Gasteiger partial charge in [-0.2, -0.15) is 0 Å². The Hall–Kier alpha value is -0.760. The van der Waals surface area contributed by atoms with E-state index in [9.17, 15) is 0 Å². The van der Waals surface area contributed by atoms with Gasteiger partial charge in [-0.3, -0.25) is 0 Å². The molecule has 1 aromatic rings. The lowest BCUT2D eigenvalue weighted by molar-refractivity contribution is 0.475. The summed E-state index contributed by atoms with van der Waals surface area (Å²) < 4.78 is 0. The molecule has 1 unspecified atom stereocenters. The highest BCUT2D eigenvalue weighted by molar-refractivity contribution is 7.95. The number of rotatable bonds is 1. The Morgan fingerprint density at radius 3 is 2.50 bits per heavy atom. The predicted molar refractivity (Wildman–Crippen MR) is 55.3 cm³/mol. The Labute approximate surface area is 75.0 Å². The summed E-state index contributed by atoms with van der Waals surface area (Å²) in [5.74, 6) is 1.70. The van der Waals surface area contributed by atoms with E-state index in [-0.39, 0.29) is 10.5 Å². The van der Waals surface area contributed by atoms with E-state index in [1.807, 2.05) is 12.1 Å². The SMILES string of the molecule is Oc1ccc([SH+]2=CCCC2)cc1. The quantitative estimate of drug-likeness (QED) is 0.397. The maximum atomic E-state index is 9.10. The average molecular weight is 181 g/mol. The van der Waals surface area contributed by atoms with Gasteiger partial charge in [0.1, 0.15) is 10.6 Å². The first-order chi connectivity index (χ1) is 5.86. The Morgan fingerprint density at radius 2 is 1.92 bits per heavy atom. The molecular weight excluding hydrogens is 168 g/mol. The minimum Gasteiger partial charge on any atom is -0.508 e. The van der Waals surface area contributed by atoms with Crippen LogP contribution in [0, 0.1) is 0 Å². The third-order valence-electron chi connectivity index (χ3n) is 2.13. The zero-order valence-corrected chi connectivity index (χ0v) is 7.80. The van der Waals surface area contributed by atoms with Crippen LogP contribution in [-0.4, -0.2) is 16.2 Å². The number of thiol groups is 1. The van der Waals surface area contributed by atoms with Crippen LogP contribution in [0.1, 0.15) is 12.8 Å². The van der Waals surface area contributed by atoms with Gasteiger partial charge in [0.05, 0.1) is 11.1 Å². The Balaban J connectivity index is 2.28. The molecule has 1 nitrogen and oxygen atoms in total. The zero-order chi connectivity index (χ0) is 8.39. The average Bonchev–Trinajstić information content (AvgIpc) is 2.58. The molecular formula is C10H13OS+. The molecule has 1 N–H and O–H groups in total. The van der Waals surface area contributed by atoms with Crippen LogP contribution in [-0.2, 0) is 10.5 Å². The maximum absolute atomic E-state index is 9.10. The molecule has 0 amide bonds. The molecule has 1 atom stereocenters. The third kappa shape index (κ3) is 1.53. The smallest absolute Gasteiger partial charge is 0.116 e. The highest BCUT2D eigenvalue weighted by Gasteiger charge is 2.11. The summed E-state index contributed by atoms with van der Waals surface area (Å²) in [6.07, 6.45) is 2.61. The van der Waals surface area contributed by atoms with Gasteiger partial charge in [-0.1, -0.05) is 0 Å². The van der Waals surface area contributed by atoms with Gasteiger partial charge >= 0.3 is 0 Å². The first kappa shape index (κ1) is 7.87. The summed E-state index contributed by atoms with van der Waals surface area (Å²) in [6, 6.07) is 7.65. The lowest BCUT2D eigenvalue weighted by Crippen LogP contribution is -1.92. The summed E-state index contributed by atoms with van der Waals surface area (Å²) in [6.45, 7) is 0. The lowest BCUT2D eigenvalue weighted by Gasteiger charge is -1.96. The number of phenols is 1. The molecule has 2 rings (SSSR count). The second kappa shape index (κ2) is 3.31. The van der Waals surface area contributed by atoms with E-state index < -0.39 is 0 Å². The predicted octanol–water partition coefficient (Wildman–Crippen LogP) is 1.70. The van der Waals surface area contributed by atoms with Crippen LogP contribution < -0.4 is 0 Å². The van der Waals surface area contributed by atoms with Crippen LogP contribution >= 0.6 is 0 Å². The summed E-state index contributed by atoms with van der Waals surface area (Å²) in [5, 5.41) is 11.5. The molecule has 1 heterocycles. The third-order valence-corrected chi connectivity index (χ3v) is 4.59. The molecule has 0 saturated heterocycles. The molecule has 1 aromatic carbocycles. The standard InChI is InChI=1S/C10H12OS/c11-9-3-5-10(6-4-9)12-7-1-2-8-12/h3-7,11H,1-2,8H2/p+1. The highest BCUT2D eigenvalue weighted by atomic mass is 32.2. The zero-order valence-electron chi connectivity index (χ0n) is 6.90. The number of aromatic hydroxyl groups is 1. The number of benzene rings is 1. The largest absolute Gasteiger partial charge is 0.508 e. The molecule has 1 aliphatic rings. The van der Waals surface area contributed by atoms with Crippen molar-refractivity contribution in [3.05, 3.63) is 24.3 Å². The fraction of sp³-hybridized carbons (Fsp3) is 0.300. The molecule has 12 heavy (non-hydrogen) atoms. The van der Waals surface area contributed by atoms with Crippen LogP contribution in [0.4, 0.5) is 0 Å². The lowest BCUT2D eigenvalue weighted by atomic mass is 10.3. The van der Waals surface area contributed by atoms with Gasteiger partial charge < -0.3 is 5.11 Å². The van der Waals surface area contributed by atoms with Crippen LogP contribution in [0.3, 0.4) is 0 Å². The first-order valence-corrected chi connectivity index (χ1v) is 5.85. The molecule has 0 spiro atoms. The Bertz CT molecular complexity index is 300. The number of hydrogen-bond donors (Lipinski definition) is 1. The Morgan fingerprint density at radius 1 is 1.17 bits per heavy atom. The minimum atomic E-state index is 0.0113. The first-order valence-electron chi connectivity index (χ1n) is 4.25. The van der Waals surface area contributed by atoms with Gasteiger partial charge in [0.15, 0.2) is 0 Å². The van der Waals surface area contributed by atoms with Gasteiger partial charge in [-0.05, 0) is 30.7 Å². The van der Waals surface area contributed by atoms with Crippen LogP contribution in [0.5, 0.6) is 5.75 Å². The van der Waals surface area contributed by atoms with E-state index in [0.29, 0.717) is 5.75 Å². The Kier molecular flexibility index (Phi) is 2.17. The summed E-state index contributed by atoms with van der Waals surface area (Å²) in [7, 11) is 0.0113. The van der Waals surface area contributed by atoms with Crippen molar-refractivity contribution >= 4 is 15.9 Å². The van der Waals surface area contributed by atoms with Gasteiger partial charge in [-0.25, -0.2) is 0 Å². The van der Waals surface area contributed by atoms with Gasteiger partial charge in [0, 0.05) is 6.42 Å². The summed E-state index contributed by atoms with van der Waals surface area (Å²) in [4.78, 5) is 1.40. The number of phenolic OH excluding ortho intramolecular Hbond substituents is 1. The second-order valence-corrected chi connectivity index (χ2v) is 5.30. The van der Waals surface area contributed by atoms with Crippen molar-refractivity contribution in [2.75, 3.05) is 5.75 Å². The van der Waals surface area contributed by atoms with Crippen molar-refractivity contribution in [3.8, 4) is 5.75 Å². The van der Waals surface area contributed by atoms with E-state index in [0.717, 1.165) is 0 Å². The van der Waals surface area contributed by atoms with Crippen molar-refractivity contribution in [2.45, 2.75) is 17.7 Å². The second-order valence-electron chi connectivity index (χ2n) is 3.03. The maximum Gasteiger partial charge on any atom is 0.116 e. The van der Waals surface area contributed by atoms with Crippen LogP contribution in [0.2, 0.25) is 0 Å². The van der Waals surface area contributed by atoms with Gasteiger partial charge in [0.25, 0.3) is 0 Å². The van der Waals surface area contributed by atoms with Crippen molar-refractivity contribution in [1.29, 1.82) is 0 Å². The van der Waals surface area contributed by atoms with Crippen molar-refractivity contribution in [1.82, 2.24) is 0 Å². The van der Waals surface area contributed by atoms with E-state index in [4.69, 9.17) is 5.11 Å². The van der Waals surface area contributed by atoms with Crippen LogP contribution in [0.25, 0.3) is 0 Å². The normalized spacial score (nSPS) is 22.2. The number of hydrogen-bond acceptors (Lipinski definition) is 1. The van der Waals surface area contributed by atoms with E-state index in [1.165, 1.54) is 23.5 Å². The van der Waals surface area contributed by atoms with Crippen molar-refractivity contribution in [2.24, 2.45) is 0 Å². The van der Waals surface area contributed by atoms with Crippen molar-refractivity contribution in [3.63, 3.8) is 0 Å². The minimum absolute atomic E-state index is 0.0113. The molecule has 0 bridgehead atoms. The molecule has 0 saturated carbocycles. The topological polar surface area (TPSA) is 20.2 Å². The van der Waals surface area contributed by atoms with Gasteiger partial charge in [-0.15, -0.1) is 10.5 Å².